The average Bonchev–Trinajstić information content (AvgIpc) is 3.99. The summed E-state index contributed by atoms with van der Waals surface area (Å²) in [6.45, 7) is 4.02. The van der Waals surface area contributed by atoms with Gasteiger partial charge in [0.05, 0.1) is 40.0 Å². The maximum absolute atomic E-state index is 12.7. The van der Waals surface area contributed by atoms with Gasteiger partial charge in [0.2, 0.25) is 0 Å². The van der Waals surface area contributed by atoms with Crippen LogP contribution in [0.1, 0.15) is 129 Å². The highest BCUT2D eigenvalue weighted by molar-refractivity contribution is 7.47. The smallest absolute Gasteiger partial charge is 0.462 e. The average molecular weight is 897 g/mol. The standard InChI is InChI=1S/C52H82NO9P/c1-6-8-10-11-12-13-14-15-16-17-18-19-20-21-25-28-31-34-38-42-51(54)58-46-48(47-60-63(56,57)59-45-44-53(3,4)5)61-52(55)43-39-35-32-29-26-23-22-24-27-30-33-37-41-50-49(62-50)40-36-9-7-2/h8-10,12-13,15-16,18-19,21,23-27,32-33,35-37,48-50H,6-7,11,14,17,20,22,28-31,34,38-47H2,1-5H3/p+1/b10-8-,13-12-,16-15-,19-18-,25-21-,26-23-,27-24-,35-32-,36-9-,37-33-/t48-,49?,50?/m1/s1. The van der Waals surface area contributed by atoms with Crippen molar-refractivity contribution >= 4 is 19.8 Å². The van der Waals surface area contributed by atoms with Crippen LogP contribution in [0.2, 0.25) is 0 Å². The molecule has 10 nitrogen and oxygen atoms in total. The Morgan fingerprint density at radius 1 is 0.571 bits per heavy atom. The number of phosphoric acid groups is 1. The van der Waals surface area contributed by atoms with Gasteiger partial charge in [-0.25, -0.2) is 4.57 Å². The number of phosphoric ester groups is 1. The number of likely N-dealkylation sites (N-methyl/N-ethyl adjacent to an activating group) is 1. The number of rotatable bonds is 39. The molecule has 1 rings (SSSR count). The van der Waals surface area contributed by atoms with Gasteiger partial charge in [-0.1, -0.05) is 142 Å². The van der Waals surface area contributed by atoms with E-state index in [-0.39, 0.29) is 26.1 Å². The molecule has 0 saturated carbocycles. The van der Waals surface area contributed by atoms with Crippen molar-refractivity contribution in [2.75, 3.05) is 47.5 Å². The van der Waals surface area contributed by atoms with Crippen molar-refractivity contribution in [3.05, 3.63) is 122 Å². The van der Waals surface area contributed by atoms with Crippen LogP contribution in [0.25, 0.3) is 0 Å². The van der Waals surface area contributed by atoms with E-state index < -0.39 is 32.5 Å². The molecule has 1 aliphatic heterocycles. The Morgan fingerprint density at radius 2 is 1.03 bits per heavy atom. The van der Waals surface area contributed by atoms with Crippen molar-refractivity contribution in [3.8, 4) is 0 Å². The van der Waals surface area contributed by atoms with E-state index in [1.807, 2.05) is 33.3 Å². The summed E-state index contributed by atoms with van der Waals surface area (Å²) < 4.78 is 39.9. The van der Waals surface area contributed by atoms with Gasteiger partial charge in [-0.05, 0) is 96.3 Å². The lowest BCUT2D eigenvalue weighted by atomic mass is 10.1. The van der Waals surface area contributed by atoms with Crippen molar-refractivity contribution in [2.24, 2.45) is 0 Å². The Balaban J connectivity index is 2.35. The summed E-state index contributed by atoms with van der Waals surface area (Å²) in [5.41, 5.74) is 0. The maximum Gasteiger partial charge on any atom is 0.472 e. The van der Waals surface area contributed by atoms with Crippen molar-refractivity contribution in [3.63, 3.8) is 0 Å². The van der Waals surface area contributed by atoms with Crippen LogP contribution < -0.4 is 0 Å². The molecule has 0 aromatic carbocycles. The predicted molar refractivity (Wildman–Crippen MR) is 260 cm³/mol. The van der Waals surface area contributed by atoms with Crippen molar-refractivity contribution in [1.82, 2.24) is 0 Å². The number of carbonyl (C=O) groups excluding carboxylic acids is 2. The van der Waals surface area contributed by atoms with E-state index in [0.717, 1.165) is 89.9 Å². The molecule has 1 heterocycles. The molecule has 1 aliphatic rings. The summed E-state index contributed by atoms with van der Waals surface area (Å²) in [5.74, 6) is -0.953. The summed E-state index contributed by atoms with van der Waals surface area (Å²) in [5, 5.41) is 0. The van der Waals surface area contributed by atoms with Crippen LogP contribution in [0.15, 0.2) is 122 Å². The van der Waals surface area contributed by atoms with E-state index >= 15 is 0 Å². The number of quaternary nitrogens is 1. The minimum absolute atomic E-state index is 0.00267. The normalized spacial score (nSPS) is 17.8. The number of allylic oxidation sites excluding steroid dienone is 18. The summed E-state index contributed by atoms with van der Waals surface area (Å²) in [7, 11) is 1.38. The Hall–Kier alpha value is -3.63. The highest BCUT2D eigenvalue weighted by Gasteiger charge is 2.36. The van der Waals surface area contributed by atoms with Gasteiger partial charge in [0, 0.05) is 12.8 Å². The number of nitrogens with zero attached hydrogens (tertiary/aromatic N) is 1. The maximum atomic E-state index is 12.7. The molecule has 0 spiro atoms. The first-order valence-corrected chi connectivity index (χ1v) is 24.9. The van der Waals surface area contributed by atoms with Gasteiger partial charge in [-0.15, -0.1) is 0 Å². The van der Waals surface area contributed by atoms with E-state index in [1.165, 1.54) is 0 Å². The number of unbranched alkanes of at least 4 members (excludes halogenated alkanes) is 3. The Bertz CT molecular complexity index is 1550. The fourth-order valence-electron chi connectivity index (χ4n) is 5.69. The van der Waals surface area contributed by atoms with E-state index in [9.17, 15) is 19.0 Å². The Kier molecular flexibility index (Phi) is 35.3. The minimum atomic E-state index is -4.42. The van der Waals surface area contributed by atoms with Gasteiger partial charge in [-0.3, -0.25) is 18.6 Å². The number of ether oxygens (including phenoxy) is 3. The van der Waals surface area contributed by atoms with Gasteiger partial charge in [0.25, 0.3) is 0 Å². The van der Waals surface area contributed by atoms with Gasteiger partial charge < -0.3 is 23.6 Å². The quantitative estimate of drug-likeness (QED) is 0.0160. The van der Waals surface area contributed by atoms with Crippen LogP contribution in [0.5, 0.6) is 0 Å². The largest absolute Gasteiger partial charge is 0.472 e. The first kappa shape index (κ1) is 57.4. The van der Waals surface area contributed by atoms with E-state index in [0.29, 0.717) is 36.1 Å². The monoisotopic (exact) mass is 897 g/mol. The lowest BCUT2D eigenvalue weighted by Gasteiger charge is -2.24. The van der Waals surface area contributed by atoms with Crippen molar-refractivity contribution < 1.29 is 46.8 Å². The zero-order chi connectivity index (χ0) is 46.1. The summed E-state index contributed by atoms with van der Waals surface area (Å²) in [6.07, 6.45) is 57.3. The molecule has 0 aromatic rings. The fraction of sp³-hybridized carbons (Fsp3) is 0.577. The second-order valence-electron chi connectivity index (χ2n) is 16.4. The molecule has 354 valence electrons. The van der Waals surface area contributed by atoms with Crippen LogP contribution in [-0.2, 0) is 37.4 Å². The molecular weight excluding hydrogens is 814 g/mol. The number of esters is 2. The molecule has 0 bridgehead atoms. The number of hydrogen-bond acceptors (Lipinski definition) is 8. The van der Waals surface area contributed by atoms with Crippen LogP contribution in [-0.4, -0.2) is 87.1 Å². The SMILES string of the molecule is CC/C=C\C/C=C\C/C=C\C/C=C\C/C=C\CCCCCC(=O)OC[C@H](COP(=O)(O)OCC[N+](C)(C)C)OC(=O)CC/C=C\C/C=C\C/C=C\C/C=C\CC1OC1C/C=C\CC. The van der Waals surface area contributed by atoms with Gasteiger partial charge >= 0.3 is 19.8 Å². The summed E-state index contributed by atoms with van der Waals surface area (Å²) >= 11 is 0. The molecule has 0 aromatic heterocycles. The first-order valence-electron chi connectivity index (χ1n) is 23.4. The molecule has 4 atom stereocenters. The van der Waals surface area contributed by atoms with Crippen LogP contribution in [0.4, 0.5) is 0 Å². The third kappa shape index (κ3) is 39.7. The van der Waals surface area contributed by atoms with E-state index in [4.69, 9.17) is 23.3 Å². The van der Waals surface area contributed by atoms with Gasteiger partial charge in [0.15, 0.2) is 6.10 Å². The van der Waals surface area contributed by atoms with E-state index in [2.05, 4.69) is 123 Å². The molecule has 0 aliphatic carbocycles. The number of epoxide rings is 1. The highest BCUT2D eigenvalue weighted by Crippen LogP contribution is 2.43. The molecule has 11 heteroatoms. The fourth-order valence-corrected chi connectivity index (χ4v) is 6.44. The third-order valence-corrected chi connectivity index (χ3v) is 10.4. The lowest BCUT2D eigenvalue weighted by molar-refractivity contribution is -0.870. The molecule has 3 unspecified atom stereocenters. The molecule has 63 heavy (non-hydrogen) atoms. The molecule has 1 fully saturated rings. The molecule has 1 saturated heterocycles. The number of hydrogen-bond donors (Lipinski definition) is 1. The lowest BCUT2D eigenvalue weighted by Crippen LogP contribution is -2.37. The summed E-state index contributed by atoms with van der Waals surface area (Å²) in [4.78, 5) is 35.4. The molecule has 1 N–H and O–H groups in total. The van der Waals surface area contributed by atoms with Crippen molar-refractivity contribution in [1.29, 1.82) is 0 Å². The summed E-state index contributed by atoms with van der Waals surface area (Å²) in [6, 6.07) is 0. The van der Waals surface area contributed by atoms with E-state index in [1.54, 1.807) is 0 Å². The van der Waals surface area contributed by atoms with Crippen LogP contribution in [0, 0.1) is 0 Å². The van der Waals surface area contributed by atoms with Crippen molar-refractivity contribution in [2.45, 2.75) is 148 Å². The van der Waals surface area contributed by atoms with Crippen LogP contribution in [0.3, 0.4) is 0 Å². The second kappa shape index (κ2) is 38.8. The highest BCUT2D eigenvalue weighted by atomic mass is 31.2. The molecular formula is C52H83NO9P+. The minimum Gasteiger partial charge on any atom is -0.462 e. The van der Waals surface area contributed by atoms with Crippen LogP contribution >= 0.6 is 7.82 Å². The topological polar surface area (TPSA) is 121 Å². The zero-order valence-electron chi connectivity index (χ0n) is 39.4. The third-order valence-electron chi connectivity index (χ3n) is 9.40. The predicted octanol–water partition coefficient (Wildman–Crippen LogP) is 12.7. The zero-order valence-corrected chi connectivity index (χ0v) is 40.3. The van der Waals surface area contributed by atoms with Gasteiger partial charge in [0.1, 0.15) is 19.8 Å². The second-order valence-corrected chi connectivity index (χ2v) is 17.9. The Labute approximate surface area is 382 Å². The molecule has 0 amide bonds. The van der Waals surface area contributed by atoms with Gasteiger partial charge in [-0.2, -0.15) is 0 Å². The molecule has 0 radical (unpaired) electrons. The Morgan fingerprint density at radius 3 is 1.56 bits per heavy atom. The number of carbonyl (C=O) groups is 2. The first-order chi connectivity index (χ1) is 30.5.